The molecule has 2 aromatic carbocycles. The topological polar surface area (TPSA) is 139 Å². The standard InChI is InChI=1S/C25H29F3N2O7S/c1-4-5-20(24(33)34)29-23(32)21(14-15(2)3)30-22(31)18-8-6-16(7-9-18)17-10-12-19(13-11-17)37-38(35,36)25(26,27)28/h6-13,15,20-21H,4-5,14H2,1-3H3,(H,29,32)(H,30,31)(H,33,34)/t20?,21-/m0/s1. The van der Waals surface area contributed by atoms with E-state index in [2.05, 4.69) is 14.8 Å². The fourth-order valence-corrected chi connectivity index (χ4v) is 3.91. The Morgan fingerprint density at radius 2 is 1.45 bits per heavy atom. The fraction of sp³-hybridized carbons (Fsp3) is 0.400. The van der Waals surface area contributed by atoms with E-state index in [4.69, 9.17) is 0 Å². The molecule has 0 aliphatic rings. The van der Waals surface area contributed by atoms with Gasteiger partial charge in [-0.3, -0.25) is 9.59 Å². The zero-order valence-electron chi connectivity index (χ0n) is 20.9. The van der Waals surface area contributed by atoms with Crippen LogP contribution < -0.4 is 14.8 Å². The Morgan fingerprint density at radius 1 is 0.921 bits per heavy atom. The first-order chi connectivity index (χ1) is 17.6. The number of carboxylic acid groups (broad SMARTS) is 1. The summed E-state index contributed by atoms with van der Waals surface area (Å²) in [5.41, 5.74) is -4.24. The van der Waals surface area contributed by atoms with Crippen LogP contribution in [0.3, 0.4) is 0 Å². The van der Waals surface area contributed by atoms with Gasteiger partial charge in [0.1, 0.15) is 17.8 Å². The van der Waals surface area contributed by atoms with Crippen molar-refractivity contribution in [3.05, 3.63) is 54.1 Å². The fourth-order valence-electron chi connectivity index (χ4n) is 3.45. The molecule has 0 radical (unpaired) electrons. The van der Waals surface area contributed by atoms with E-state index in [1.165, 1.54) is 24.3 Å². The predicted octanol–water partition coefficient (Wildman–Crippen LogP) is 4.10. The Kier molecular flexibility index (Phi) is 10.3. The van der Waals surface area contributed by atoms with Gasteiger partial charge < -0.3 is 19.9 Å². The highest BCUT2D eigenvalue weighted by Crippen LogP contribution is 2.28. The maximum atomic E-state index is 12.8. The highest BCUT2D eigenvalue weighted by molar-refractivity contribution is 7.88. The van der Waals surface area contributed by atoms with Gasteiger partial charge in [-0.1, -0.05) is 51.5 Å². The van der Waals surface area contributed by atoms with E-state index in [9.17, 15) is 41.1 Å². The lowest BCUT2D eigenvalue weighted by atomic mass is 10.0. The van der Waals surface area contributed by atoms with E-state index in [1.807, 2.05) is 13.8 Å². The third-order valence-electron chi connectivity index (χ3n) is 5.35. The van der Waals surface area contributed by atoms with Crippen LogP contribution in [0.25, 0.3) is 11.1 Å². The molecule has 0 aliphatic heterocycles. The second-order valence-electron chi connectivity index (χ2n) is 8.93. The molecule has 0 spiro atoms. The summed E-state index contributed by atoms with van der Waals surface area (Å²) in [6.07, 6.45) is 1.08. The molecular formula is C25H29F3N2O7S. The molecule has 3 N–H and O–H groups in total. The minimum Gasteiger partial charge on any atom is -0.480 e. The van der Waals surface area contributed by atoms with Crippen molar-refractivity contribution in [3.8, 4) is 16.9 Å². The summed E-state index contributed by atoms with van der Waals surface area (Å²) in [6, 6.07) is 8.91. The average molecular weight is 559 g/mol. The van der Waals surface area contributed by atoms with Crippen molar-refractivity contribution in [3.63, 3.8) is 0 Å². The number of hydrogen-bond donors (Lipinski definition) is 3. The van der Waals surface area contributed by atoms with Crippen molar-refractivity contribution in [2.45, 2.75) is 57.6 Å². The van der Waals surface area contributed by atoms with E-state index in [1.54, 1.807) is 19.1 Å². The first-order valence-electron chi connectivity index (χ1n) is 11.7. The number of amides is 2. The van der Waals surface area contributed by atoms with Gasteiger partial charge in [-0.25, -0.2) is 4.79 Å². The molecule has 0 aromatic heterocycles. The molecule has 13 heteroatoms. The molecule has 0 aliphatic carbocycles. The van der Waals surface area contributed by atoms with Crippen LogP contribution in [0.5, 0.6) is 5.75 Å². The van der Waals surface area contributed by atoms with Crippen molar-refractivity contribution < 1.29 is 45.3 Å². The number of alkyl halides is 3. The van der Waals surface area contributed by atoms with Gasteiger partial charge in [-0.05, 0) is 54.2 Å². The summed E-state index contributed by atoms with van der Waals surface area (Å²) < 4.78 is 63.8. The number of halogens is 3. The molecule has 0 heterocycles. The maximum Gasteiger partial charge on any atom is 0.534 e. The smallest absolute Gasteiger partial charge is 0.480 e. The summed E-state index contributed by atoms with van der Waals surface area (Å²) in [4.78, 5) is 37.0. The largest absolute Gasteiger partial charge is 0.534 e. The average Bonchev–Trinajstić information content (AvgIpc) is 2.82. The van der Waals surface area contributed by atoms with Crippen LogP contribution in [-0.4, -0.2) is 48.9 Å². The minimum absolute atomic E-state index is 0.0287. The number of carboxylic acids is 1. The van der Waals surface area contributed by atoms with E-state index in [0.29, 0.717) is 17.5 Å². The molecule has 0 bridgehead atoms. The van der Waals surface area contributed by atoms with Gasteiger partial charge in [0.15, 0.2) is 0 Å². The van der Waals surface area contributed by atoms with Gasteiger partial charge in [0.05, 0.1) is 0 Å². The third kappa shape index (κ3) is 8.47. The van der Waals surface area contributed by atoms with Gasteiger partial charge in [0.2, 0.25) is 5.91 Å². The van der Waals surface area contributed by atoms with Crippen LogP contribution in [0.15, 0.2) is 48.5 Å². The SMILES string of the molecule is CCCC(NC(=O)[C@H](CC(C)C)NC(=O)c1ccc(-c2ccc(OS(=O)(=O)C(F)(F)F)cc2)cc1)C(=O)O. The highest BCUT2D eigenvalue weighted by Gasteiger charge is 2.48. The van der Waals surface area contributed by atoms with Crippen LogP contribution in [-0.2, 0) is 19.7 Å². The number of aliphatic carboxylic acids is 1. The molecule has 0 saturated carbocycles. The van der Waals surface area contributed by atoms with E-state index in [0.717, 1.165) is 12.1 Å². The van der Waals surface area contributed by atoms with Gasteiger partial charge in [0, 0.05) is 5.56 Å². The van der Waals surface area contributed by atoms with Gasteiger partial charge in [-0.15, -0.1) is 0 Å². The highest BCUT2D eigenvalue weighted by atomic mass is 32.2. The van der Waals surface area contributed by atoms with Crippen molar-refractivity contribution in [1.29, 1.82) is 0 Å². The molecule has 0 fully saturated rings. The maximum absolute atomic E-state index is 12.8. The number of carbonyl (C=O) groups is 3. The van der Waals surface area contributed by atoms with Crippen LogP contribution in [0.1, 0.15) is 50.4 Å². The summed E-state index contributed by atoms with van der Waals surface area (Å²) in [6.45, 7) is 5.51. The second kappa shape index (κ2) is 12.8. The van der Waals surface area contributed by atoms with Crippen LogP contribution >= 0.6 is 0 Å². The Morgan fingerprint density at radius 3 is 1.89 bits per heavy atom. The second-order valence-corrected chi connectivity index (χ2v) is 10.5. The summed E-state index contributed by atoms with van der Waals surface area (Å²) in [5, 5.41) is 14.4. The molecule has 208 valence electrons. The van der Waals surface area contributed by atoms with E-state index < -0.39 is 51.2 Å². The van der Waals surface area contributed by atoms with Crippen LogP contribution in [0, 0.1) is 5.92 Å². The number of hydrogen-bond acceptors (Lipinski definition) is 6. The summed E-state index contributed by atoms with van der Waals surface area (Å²) in [7, 11) is -5.78. The first-order valence-corrected chi connectivity index (χ1v) is 13.1. The van der Waals surface area contributed by atoms with Crippen molar-refractivity contribution in [2.75, 3.05) is 0 Å². The number of nitrogens with one attached hydrogen (secondary N) is 2. The Balaban J connectivity index is 2.12. The molecule has 2 amide bonds. The van der Waals surface area contributed by atoms with Crippen molar-refractivity contribution in [2.24, 2.45) is 5.92 Å². The molecule has 1 unspecified atom stereocenters. The molecule has 9 nitrogen and oxygen atoms in total. The molecule has 2 atom stereocenters. The Bertz CT molecular complexity index is 1230. The number of benzene rings is 2. The molecular weight excluding hydrogens is 529 g/mol. The lowest BCUT2D eigenvalue weighted by Crippen LogP contribution is -2.52. The summed E-state index contributed by atoms with van der Waals surface area (Å²) in [5.74, 6) is -2.80. The quantitative estimate of drug-likeness (QED) is 0.263. The van der Waals surface area contributed by atoms with Gasteiger partial charge in [0.25, 0.3) is 5.91 Å². The Hall–Kier alpha value is -3.61. The third-order valence-corrected chi connectivity index (χ3v) is 6.32. The van der Waals surface area contributed by atoms with Crippen molar-refractivity contribution in [1.82, 2.24) is 10.6 Å². The minimum atomic E-state index is -5.78. The lowest BCUT2D eigenvalue weighted by molar-refractivity contribution is -0.142. The van der Waals surface area contributed by atoms with E-state index >= 15 is 0 Å². The van der Waals surface area contributed by atoms with Gasteiger partial charge >= 0.3 is 21.6 Å². The lowest BCUT2D eigenvalue weighted by Gasteiger charge is -2.22. The number of carbonyl (C=O) groups excluding carboxylic acids is 2. The first kappa shape index (κ1) is 30.6. The van der Waals surface area contributed by atoms with E-state index in [-0.39, 0.29) is 24.3 Å². The van der Waals surface area contributed by atoms with Crippen molar-refractivity contribution >= 4 is 27.9 Å². The monoisotopic (exact) mass is 558 g/mol. The Labute approximate surface area is 218 Å². The zero-order chi connectivity index (χ0) is 28.7. The van der Waals surface area contributed by atoms with Crippen LogP contribution in [0.4, 0.5) is 13.2 Å². The number of rotatable bonds is 12. The van der Waals surface area contributed by atoms with Crippen LogP contribution in [0.2, 0.25) is 0 Å². The summed E-state index contributed by atoms with van der Waals surface area (Å²) >= 11 is 0. The molecule has 2 rings (SSSR count). The molecule has 0 saturated heterocycles. The zero-order valence-corrected chi connectivity index (χ0v) is 21.7. The molecule has 2 aromatic rings. The predicted molar refractivity (Wildman–Crippen MR) is 133 cm³/mol. The van der Waals surface area contributed by atoms with Gasteiger partial charge in [-0.2, -0.15) is 21.6 Å². The normalized spacial score (nSPS) is 13.4. The molecule has 38 heavy (non-hydrogen) atoms.